The monoisotopic (exact) mass is 348 g/mol. The van der Waals surface area contributed by atoms with E-state index in [4.69, 9.17) is 16.3 Å². The van der Waals surface area contributed by atoms with E-state index in [1.54, 1.807) is 25.1 Å². The average Bonchev–Trinajstić information content (AvgIpc) is 2.27. The van der Waals surface area contributed by atoms with E-state index in [9.17, 15) is 9.90 Å². The summed E-state index contributed by atoms with van der Waals surface area (Å²) in [7, 11) is 1.32. The summed E-state index contributed by atoms with van der Waals surface area (Å²) >= 11 is 9.48. The molecule has 0 heterocycles. The third-order valence-corrected chi connectivity index (χ3v) is 4.01. The highest BCUT2D eigenvalue weighted by atomic mass is 79.9. The Labute approximate surface area is 127 Å². The summed E-state index contributed by atoms with van der Waals surface area (Å²) in [5.41, 5.74) is -0.875. The highest BCUT2D eigenvalue weighted by molar-refractivity contribution is 9.10. The normalized spacial score (nSPS) is 16.0. The van der Waals surface area contributed by atoms with Gasteiger partial charge < -0.3 is 9.84 Å². The van der Waals surface area contributed by atoms with Gasteiger partial charge in [0.05, 0.1) is 13.0 Å². The number of benzene rings is 1. The molecule has 0 aliphatic heterocycles. The van der Waals surface area contributed by atoms with Crippen molar-refractivity contribution in [3.8, 4) is 0 Å². The van der Waals surface area contributed by atoms with Gasteiger partial charge in [-0.15, -0.1) is 0 Å². The van der Waals surface area contributed by atoms with Crippen LogP contribution < -0.4 is 0 Å². The van der Waals surface area contributed by atoms with Gasteiger partial charge in [-0.2, -0.15) is 0 Å². The second kappa shape index (κ2) is 6.25. The molecule has 2 atom stereocenters. The third-order valence-electron chi connectivity index (χ3n) is 3.20. The Balaban J connectivity index is 3.30. The third kappa shape index (κ3) is 3.50. The van der Waals surface area contributed by atoms with Gasteiger partial charge in [-0.3, -0.25) is 4.79 Å². The molecule has 0 amide bonds. The second-order valence-corrected chi connectivity index (χ2v) is 6.34. The molecule has 1 rings (SSSR count). The van der Waals surface area contributed by atoms with Crippen molar-refractivity contribution < 1.29 is 14.6 Å². The lowest BCUT2D eigenvalue weighted by molar-refractivity contribution is -0.159. The molecule has 106 valence electrons. The minimum atomic E-state index is -1.39. The summed E-state index contributed by atoms with van der Waals surface area (Å²) in [5, 5.41) is 11.2. The first kappa shape index (κ1) is 16.5. The van der Waals surface area contributed by atoms with Gasteiger partial charge >= 0.3 is 5.97 Å². The molecule has 0 fully saturated rings. The van der Waals surface area contributed by atoms with Crippen molar-refractivity contribution in [3.63, 3.8) is 0 Å². The predicted molar refractivity (Wildman–Crippen MR) is 79.1 cm³/mol. The van der Waals surface area contributed by atoms with Crippen LogP contribution in [0.2, 0.25) is 5.02 Å². The van der Waals surface area contributed by atoms with Gasteiger partial charge in [0.1, 0.15) is 5.60 Å². The van der Waals surface area contributed by atoms with E-state index in [-0.39, 0.29) is 5.92 Å². The number of ether oxygens (including phenoxy) is 1. The fourth-order valence-electron chi connectivity index (χ4n) is 2.35. The van der Waals surface area contributed by atoms with Crippen LogP contribution >= 0.6 is 27.5 Å². The van der Waals surface area contributed by atoms with Gasteiger partial charge in [0.25, 0.3) is 0 Å². The number of carbonyl (C=O) groups is 1. The van der Waals surface area contributed by atoms with Gasteiger partial charge in [-0.05, 0) is 25.0 Å². The smallest absolute Gasteiger partial charge is 0.312 e. The maximum atomic E-state index is 11.9. The van der Waals surface area contributed by atoms with Crippen LogP contribution in [0.25, 0.3) is 0 Å². The molecule has 19 heavy (non-hydrogen) atoms. The molecule has 1 aromatic carbocycles. The first-order chi connectivity index (χ1) is 8.71. The number of methoxy groups -OCH3 is 1. The first-order valence-electron chi connectivity index (χ1n) is 5.97. The molecule has 1 N–H and O–H groups in total. The van der Waals surface area contributed by atoms with Crippen molar-refractivity contribution in [1.29, 1.82) is 0 Å². The van der Waals surface area contributed by atoms with Crippen molar-refractivity contribution in [2.75, 3.05) is 7.11 Å². The first-order valence-corrected chi connectivity index (χ1v) is 7.14. The summed E-state index contributed by atoms with van der Waals surface area (Å²) in [6.07, 6.45) is 0. The van der Waals surface area contributed by atoms with Gasteiger partial charge in [0.2, 0.25) is 0 Å². The Kier molecular flexibility index (Phi) is 5.42. The van der Waals surface area contributed by atoms with Crippen LogP contribution in [-0.4, -0.2) is 18.2 Å². The molecule has 5 heteroatoms. The van der Waals surface area contributed by atoms with Crippen LogP contribution in [0.3, 0.4) is 0 Å². The zero-order valence-electron chi connectivity index (χ0n) is 11.4. The summed E-state index contributed by atoms with van der Waals surface area (Å²) in [5.74, 6) is -1.21. The zero-order valence-corrected chi connectivity index (χ0v) is 13.7. The van der Waals surface area contributed by atoms with Crippen LogP contribution in [0.5, 0.6) is 0 Å². The Morgan fingerprint density at radius 1 is 1.47 bits per heavy atom. The van der Waals surface area contributed by atoms with Crippen molar-refractivity contribution in [1.82, 2.24) is 0 Å². The quantitative estimate of drug-likeness (QED) is 0.842. The molecule has 1 aromatic rings. The molecular formula is C14H18BrClO3. The predicted octanol–water partition coefficient (Wildman–Crippen LogP) is 3.76. The highest BCUT2D eigenvalue weighted by Crippen LogP contribution is 2.39. The number of hydrogen-bond acceptors (Lipinski definition) is 3. The standard InChI is InChI=1S/C14H18BrClO3/c1-8(2)12(13(17)19-4)14(3,18)10-6-5-9(15)7-11(10)16/h5-8,12,18H,1-4H3. The summed E-state index contributed by atoms with van der Waals surface area (Å²) < 4.78 is 5.61. The SMILES string of the molecule is COC(=O)C(C(C)C)C(C)(O)c1ccc(Br)cc1Cl. The molecule has 0 aliphatic rings. The Hall–Kier alpha value is -0.580. The highest BCUT2D eigenvalue weighted by Gasteiger charge is 2.42. The van der Waals surface area contributed by atoms with E-state index in [2.05, 4.69) is 15.9 Å². The van der Waals surface area contributed by atoms with Gasteiger partial charge in [-0.25, -0.2) is 0 Å². The van der Waals surface area contributed by atoms with Crippen molar-refractivity contribution in [2.45, 2.75) is 26.4 Å². The maximum Gasteiger partial charge on any atom is 0.312 e. The fraction of sp³-hybridized carbons (Fsp3) is 0.500. The van der Waals surface area contributed by atoms with Crippen molar-refractivity contribution in [2.24, 2.45) is 11.8 Å². The summed E-state index contributed by atoms with van der Waals surface area (Å²) in [6, 6.07) is 5.19. The number of rotatable bonds is 4. The molecule has 0 bridgehead atoms. The number of hydrogen-bond donors (Lipinski definition) is 1. The van der Waals surface area contributed by atoms with E-state index in [0.29, 0.717) is 10.6 Å². The molecule has 0 saturated heterocycles. The second-order valence-electron chi connectivity index (χ2n) is 5.02. The van der Waals surface area contributed by atoms with Gasteiger partial charge in [-0.1, -0.05) is 47.4 Å². The minimum Gasteiger partial charge on any atom is -0.469 e. The maximum absolute atomic E-state index is 11.9. The van der Waals surface area contributed by atoms with E-state index >= 15 is 0 Å². The Morgan fingerprint density at radius 3 is 2.47 bits per heavy atom. The van der Waals surface area contributed by atoms with E-state index in [1.807, 2.05) is 13.8 Å². The van der Waals surface area contributed by atoms with E-state index < -0.39 is 17.5 Å². The zero-order chi connectivity index (χ0) is 14.8. The van der Waals surface area contributed by atoms with Crippen molar-refractivity contribution >= 4 is 33.5 Å². The van der Waals surface area contributed by atoms with Crippen LogP contribution in [-0.2, 0) is 15.1 Å². The molecule has 0 aliphatic carbocycles. The molecule has 0 radical (unpaired) electrons. The topological polar surface area (TPSA) is 46.5 Å². The fourth-order valence-corrected chi connectivity index (χ4v) is 3.21. The molecular weight excluding hydrogens is 332 g/mol. The number of esters is 1. The molecule has 2 unspecified atom stereocenters. The van der Waals surface area contributed by atoms with Crippen LogP contribution in [0, 0.1) is 11.8 Å². The molecule has 0 spiro atoms. The van der Waals surface area contributed by atoms with Gasteiger partial charge in [0.15, 0.2) is 0 Å². The Bertz CT molecular complexity index is 472. The largest absolute Gasteiger partial charge is 0.469 e. The van der Waals surface area contributed by atoms with E-state index in [0.717, 1.165) is 4.47 Å². The van der Waals surface area contributed by atoms with Crippen LogP contribution in [0.4, 0.5) is 0 Å². The van der Waals surface area contributed by atoms with Crippen LogP contribution in [0.15, 0.2) is 22.7 Å². The lowest BCUT2D eigenvalue weighted by Crippen LogP contribution is -2.41. The number of halogens is 2. The summed E-state index contributed by atoms with van der Waals surface area (Å²) in [6.45, 7) is 5.31. The van der Waals surface area contributed by atoms with Crippen LogP contribution in [0.1, 0.15) is 26.3 Å². The summed E-state index contributed by atoms with van der Waals surface area (Å²) in [4.78, 5) is 11.9. The van der Waals surface area contributed by atoms with Crippen molar-refractivity contribution in [3.05, 3.63) is 33.3 Å². The number of carbonyl (C=O) groups excluding carboxylic acids is 1. The minimum absolute atomic E-state index is 0.0813. The van der Waals surface area contributed by atoms with Gasteiger partial charge in [0, 0.05) is 15.1 Å². The number of aliphatic hydroxyl groups is 1. The average molecular weight is 350 g/mol. The lowest BCUT2D eigenvalue weighted by atomic mass is 9.76. The molecule has 3 nitrogen and oxygen atoms in total. The lowest BCUT2D eigenvalue weighted by Gasteiger charge is -2.34. The molecule has 0 saturated carbocycles. The Morgan fingerprint density at radius 2 is 2.05 bits per heavy atom. The van der Waals surface area contributed by atoms with E-state index in [1.165, 1.54) is 7.11 Å². The molecule has 0 aromatic heterocycles.